The molecule has 0 saturated heterocycles. The number of aryl methyl sites for hydroxylation is 1. The van der Waals surface area contributed by atoms with E-state index in [9.17, 15) is 13.2 Å². The van der Waals surface area contributed by atoms with Crippen molar-refractivity contribution in [3.63, 3.8) is 0 Å². The number of thioether (sulfide) groups is 1. The fourth-order valence-corrected chi connectivity index (χ4v) is 3.80. The van der Waals surface area contributed by atoms with Crippen LogP contribution in [0.1, 0.15) is 15.9 Å². The van der Waals surface area contributed by atoms with Crippen molar-refractivity contribution < 1.29 is 13.2 Å². The molecule has 2 aromatic rings. The summed E-state index contributed by atoms with van der Waals surface area (Å²) < 4.78 is 27.8. The molecule has 0 fully saturated rings. The number of benzene rings is 2. The minimum atomic E-state index is -3.77. The van der Waals surface area contributed by atoms with Crippen LogP contribution in [-0.2, 0) is 10.0 Å². The molecule has 0 bridgehead atoms. The number of amides is 1. The van der Waals surface area contributed by atoms with Crippen LogP contribution in [0.5, 0.6) is 0 Å². The molecular formula is C16H18N2O3S2. The molecule has 0 heterocycles. The quantitative estimate of drug-likeness (QED) is 0.813. The molecule has 2 N–H and O–H groups in total. The Hall–Kier alpha value is -1.99. The van der Waals surface area contributed by atoms with E-state index in [-0.39, 0.29) is 10.8 Å². The lowest BCUT2D eigenvalue weighted by Crippen LogP contribution is -2.20. The maximum atomic E-state index is 12.6. The van der Waals surface area contributed by atoms with Gasteiger partial charge in [0.05, 0.1) is 10.6 Å². The zero-order chi connectivity index (χ0) is 17.0. The third-order valence-corrected chi connectivity index (χ3v) is 5.50. The first-order valence-electron chi connectivity index (χ1n) is 6.87. The Bertz CT molecular complexity index is 833. The summed E-state index contributed by atoms with van der Waals surface area (Å²) in [5.41, 5.74) is 1.57. The maximum Gasteiger partial charge on any atom is 0.261 e. The number of nitrogens with one attached hydrogen (secondary N) is 2. The molecule has 5 nitrogen and oxygen atoms in total. The number of anilines is 1. The number of hydrogen-bond acceptors (Lipinski definition) is 4. The van der Waals surface area contributed by atoms with Gasteiger partial charge >= 0.3 is 0 Å². The highest BCUT2D eigenvalue weighted by Gasteiger charge is 2.18. The van der Waals surface area contributed by atoms with Crippen molar-refractivity contribution in [1.29, 1.82) is 0 Å². The van der Waals surface area contributed by atoms with E-state index in [4.69, 9.17) is 0 Å². The lowest BCUT2D eigenvalue weighted by atomic mass is 10.1. The normalized spacial score (nSPS) is 11.1. The Kier molecular flexibility index (Phi) is 5.33. The van der Waals surface area contributed by atoms with E-state index >= 15 is 0 Å². The lowest BCUT2D eigenvalue weighted by Gasteiger charge is -2.13. The van der Waals surface area contributed by atoms with Crippen LogP contribution >= 0.6 is 11.8 Å². The minimum absolute atomic E-state index is 0.0533. The third kappa shape index (κ3) is 3.86. The molecule has 0 aromatic heterocycles. The van der Waals surface area contributed by atoms with Gasteiger partial charge in [-0.15, -0.1) is 11.8 Å². The predicted octanol–water partition coefficient (Wildman–Crippen LogP) is 2.88. The molecule has 0 saturated carbocycles. The smallest absolute Gasteiger partial charge is 0.261 e. The average molecular weight is 350 g/mol. The van der Waals surface area contributed by atoms with Crippen molar-refractivity contribution >= 4 is 33.4 Å². The Labute approximate surface area is 140 Å². The first kappa shape index (κ1) is 17.4. The van der Waals surface area contributed by atoms with Crippen LogP contribution in [0.15, 0.2) is 52.3 Å². The largest absolute Gasteiger partial charge is 0.355 e. The van der Waals surface area contributed by atoms with Crippen LogP contribution in [0.3, 0.4) is 0 Å². The van der Waals surface area contributed by atoms with Gasteiger partial charge in [-0.1, -0.05) is 18.2 Å². The topological polar surface area (TPSA) is 75.3 Å². The van der Waals surface area contributed by atoms with Gasteiger partial charge in [0.2, 0.25) is 0 Å². The summed E-state index contributed by atoms with van der Waals surface area (Å²) in [4.78, 5) is 12.7. The van der Waals surface area contributed by atoms with Gasteiger partial charge < -0.3 is 5.32 Å². The van der Waals surface area contributed by atoms with Crippen LogP contribution < -0.4 is 10.0 Å². The van der Waals surface area contributed by atoms with E-state index in [2.05, 4.69) is 10.0 Å². The van der Waals surface area contributed by atoms with Crippen LogP contribution in [-0.4, -0.2) is 27.6 Å². The van der Waals surface area contributed by atoms with Crippen LogP contribution in [0.2, 0.25) is 0 Å². The van der Waals surface area contributed by atoms with Gasteiger partial charge in [-0.2, -0.15) is 0 Å². The van der Waals surface area contributed by atoms with Gasteiger partial charge in [-0.25, -0.2) is 8.42 Å². The minimum Gasteiger partial charge on any atom is -0.355 e. The molecule has 0 unspecified atom stereocenters. The molecule has 2 rings (SSSR count). The second-order valence-electron chi connectivity index (χ2n) is 4.86. The monoisotopic (exact) mass is 350 g/mol. The van der Waals surface area contributed by atoms with Crippen LogP contribution in [0, 0.1) is 6.92 Å². The number of carbonyl (C=O) groups excluding carboxylic acids is 1. The number of rotatable bonds is 5. The summed E-state index contributed by atoms with van der Waals surface area (Å²) in [7, 11) is -2.26. The van der Waals surface area contributed by atoms with Crippen molar-refractivity contribution in [2.24, 2.45) is 0 Å². The molecule has 0 atom stereocenters. The highest BCUT2D eigenvalue weighted by atomic mass is 32.2. The predicted molar refractivity (Wildman–Crippen MR) is 93.6 cm³/mol. The zero-order valence-corrected chi connectivity index (χ0v) is 14.7. The molecular weight excluding hydrogens is 332 g/mol. The van der Waals surface area contributed by atoms with E-state index in [0.717, 1.165) is 4.90 Å². The molecule has 2 aromatic carbocycles. The molecule has 0 aliphatic heterocycles. The molecule has 122 valence electrons. The van der Waals surface area contributed by atoms with E-state index in [0.29, 0.717) is 16.8 Å². The molecule has 0 aliphatic rings. The summed E-state index contributed by atoms with van der Waals surface area (Å²) >= 11 is 1.45. The SMILES string of the molecule is CNC(=O)c1cc(S(=O)(=O)Nc2ccccc2SC)ccc1C. The molecule has 7 heteroatoms. The van der Waals surface area contributed by atoms with Crippen molar-refractivity contribution in [1.82, 2.24) is 5.32 Å². The second kappa shape index (κ2) is 7.06. The highest BCUT2D eigenvalue weighted by Crippen LogP contribution is 2.27. The van der Waals surface area contributed by atoms with Crippen molar-refractivity contribution in [2.45, 2.75) is 16.7 Å². The van der Waals surface area contributed by atoms with E-state index in [1.807, 2.05) is 18.4 Å². The van der Waals surface area contributed by atoms with Gasteiger partial charge in [0, 0.05) is 17.5 Å². The van der Waals surface area contributed by atoms with E-state index in [1.54, 1.807) is 25.1 Å². The standard InChI is InChI=1S/C16H18N2O3S2/c1-11-8-9-12(10-13(11)16(19)17-2)23(20,21)18-14-6-4-5-7-15(14)22-3/h4-10,18H,1-3H3,(H,17,19). The van der Waals surface area contributed by atoms with Crippen LogP contribution in [0.4, 0.5) is 5.69 Å². The van der Waals surface area contributed by atoms with Crippen molar-refractivity contribution in [2.75, 3.05) is 18.0 Å². The summed E-state index contributed by atoms with van der Waals surface area (Å²) in [5.74, 6) is -0.316. The van der Waals surface area contributed by atoms with Crippen molar-refractivity contribution in [3.8, 4) is 0 Å². The van der Waals surface area contributed by atoms with Gasteiger partial charge in [0.1, 0.15) is 0 Å². The fourth-order valence-electron chi connectivity index (χ4n) is 2.08. The number of carbonyl (C=O) groups is 1. The van der Waals surface area contributed by atoms with E-state index < -0.39 is 10.0 Å². The number of sulfonamides is 1. The molecule has 1 amide bonds. The molecule has 0 radical (unpaired) electrons. The number of hydrogen-bond donors (Lipinski definition) is 2. The Morgan fingerprint density at radius 3 is 2.48 bits per heavy atom. The summed E-state index contributed by atoms with van der Waals surface area (Å²) in [6.45, 7) is 1.76. The lowest BCUT2D eigenvalue weighted by molar-refractivity contribution is 0.0962. The third-order valence-electron chi connectivity index (χ3n) is 3.34. The number of para-hydroxylation sites is 1. The summed E-state index contributed by atoms with van der Waals surface area (Å²) in [6.07, 6.45) is 1.88. The molecule has 23 heavy (non-hydrogen) atoms. The first-order valence-corrected chi connectivity index (χ1v) is 9.58. The Morgan fingerprint density at radius 2 is 1.83 bits per heavy atom. The van der Waals surface area contributed by atoms with Gasteiger partial charge in [0.15, 0.2) is 0 Å². The maximum absolute atomic E-state index is 12.6. The van der Waals surface area contributed by atoms with Gasteiger partial charge in [0.25, 0.3) is 15.9 Å². The second-order valence-corrected chi connectivity index (χ2v) is 7.39. The summed E-state index contributed by atoms with van der Waals surface area (Å²) in [6, 6.07) is 11.7. The van der Waals surface area contributed by atoms with Crippen LogP contribution in [0.25, 0.3) is 0 Å². The molecule has 0 aliphatic carbocycles. The Balaban J connectivity index is 2.42. The molecule has 0 spiro atoms. The summed E-state index contributed by atoms with van der Waals surface area (Å²) in [5, 5.41) is 2.51. The first-order chi connectivity index (χ1) is 10.9. The van der Waals surface area contributed by atoms with Gasteiger partial charge in [-0.05, 0) is 43.0 Å². The zero-order valence-electron chi connectivity index (χ0n) is 13.1. The average Bonchev–Trinajstić information content (AvgIpc) is 2.54. The fraction of sp³-hybridized carbons (Fsp3) is 0.188. The van der Waals surface area contributed by atoms with E-state index in [1.165, 1.54) is 30.9 Å². The Morgan fingerprint density at radius 1 is 1.13 bits per heavy atom. The van der Waals surface area contributed by atoms with Gasteiger partial charge in [-0.3, -0.25) is 9.52 Å². The van der Waals surface area contributed by atoms with Crippen molar-refractivity contribution in [3.05, 3.63) is 53.6 Å². The highest BCUT2D eigenvalue weighted by molar-refractivity contribution is 7.99.